The van der Waals surface area contributed by atoms with Gasteiger partial charge in [0.25, 0.3) is 0 Å². The number of likely N-dealkylation sites (N-methyl/N-ethyl adjacent to an activating group) is 1. The quantitative estimate of drug-likeness (QED) is 0.850. The van der Waals surface area contributed by atoms with Gasteiger partial charge in [-0.05, 0) is 31.7 Å². The number of carbonyl (C=O) groups excluding carboxylic acids is 2. The number of carbonyl (C=O) groups is 2. The van der Waals surface area contributed by atoms with Crippen LogP contribution in [0.2, 0.25) is 0 Å². The Morgan fingerprint density at radius 2 is 1.90 bits per heavy atom. The summed E-state index contributed by atoms with van der Waals surface area (Å²) in [6.45, 7) is 2.76. The van der Waals surface area contributed by atoms with Crippen LogP contribution in [0.5, 0.6) is 0 Å². The lowest BCUT2D eigenvalue weighted by atomic mass is 10.1. The van der Waals surface area contributed by atoms with Crippen LogP contribution in [-0.2, 0) is 16.0 Å². The number of hydrogen-bond acceptors (Lipinski definition) is 2. The van der Waals surface area contributed by atoms with Gasteiger partial charge < -0.3 is 9.80 Å². The van der Waals surface area contributed by atoms with E-state index in [0.29, 0.717) is 13.0 Å². The molecule has 0 radical (unpaired) electrons. The van der Waals surface area contributed by atoms with E-state index in [9.17, 15) is 9.59 Å². The van der Waals surface area contributed by atoms with Crippen molar-refractivity contribution in [1.29, 1.82) is 0 Å². The minimum atomic E-state index is -0.259. The molecule has 1 aliphatic heterocycles. The van der Waals surface area contributed by atoms with E-state index in [1.54, 1.807) is 23.9 Å². The highest BCUT2D eigenvalue weighted by Gasteiger charge is 2.34. The van der Waals surface area contributed by atoms with Crippen LogP contribution in [0, 0.1) is 6.92 Å². The monoisotopic (exact) mass is 288 g/mol. The van der Waals surface area contributed by atoms with Crippen LogP contribution in [0.4, 0.5) is 0 Å². The molecule has 0 spiro atoms. The summed E-state index contributed by atoms with van der Waals surface area (Å²) in [6, 6.07) is 8.00. The molecule has 1 atom stereocenters. The Morgan fingerprint density at radius 1 is 1.24 bits per heavy atom. The summed E-state index contributed by atoms with van der Waals surface area (Å²) in [7, 11) is 3.49. The van der Waals surface area contributed by atoms with E-state index in [0.717, 1.165) is 19.3 Å². The first-order valence-electron chi connectivity index (χ1n) is 7.55. The Bertz CT molecular complexity index is 508. The average Bonchev–Trinajstić information content (AvgIpc) is 2.94. The van der Waals surface area contributed by atoms with Gasteiger partial charge in [0, 0.05) is 27.1 Å². The SMILES string of the molecule is Cc1ccc(CCC(=O)N2CCCC2C(=O)N(C)C)cc1. The third-order valence-electron chi connectivity index (χ3n) is 4.05. The van der Waals surface area contributed by atoms with Crippen LogP contribution in [0.3, 0.4) is 0 Å². The fourth-order valence-corrected chi connectivity index (χ4v) is 2.77. The molecule has 4 heteroatoms. The molecule has 1 fully saturated rings. The molecular formula is C17H24N2O2. The van der Waals surface area contributed by atoms with Gasteiger partial charge >= 0.3 is 0 Å². The highest BCUT2D eigenvalue weighted by Crippen LogP contribution is 2.20. The number of amides is 2. The lowest BCUT2D eigenvalue weighted by Crippen LogP contribution is -2.45. The van der Waals surface area contributed by atoms with Gasteiger partial charge in [0.15, 0.2) is 0 Å². The molecule has 0 aromatic heterocycles. The van der Waals surface area contributed by atoms with Gasteiger partial charge in [-0.15, -0.1) is 0 Å². The minimum Gasteiger partial charge on any atom is -0.347 e. The van der Waals surface area contributed by atoms with Crippen LogP contribution < -0.4 is 0 Å². The van der Waals surface area contributed by atoms with Crippen LogP contribution in [-0.4, -0.2) is 48.3 Å². The zero-order valence-electron chi connectivity index (χ0n) is 13.1. The second kappa shape index (κ2) is 6.74. The standard InChI is InChI=1S/C17H24N2O2/c1-13-6-8-14(9-7-13)10-11-16(20)19-12-4-5-15(19)17(21)18(2)3/h6-9,15H,4-5,10-12H2,1-3H3. The van der Waals surface area contributed by atoms with E-state index in [-0.39, 0.29) is 17.9 Å². The van der Waals surface area contributed by atoms with Crippen molar-refractivity contribution >= 4 is 11.8 Å². The van der Waals surface area contributed by atoms with Crippen molar-refractivity contribution in [2.45, 2.75) is 38.6 Å². The molecule has 0 N–H and O–H groups in total. The summed E-state index contributed by atoms with van der Waals surface area (Å²) in [5, 5.41) is 0. The lowest BCUT2D eigenvalue weighted by molar-refractivity contribution is -0.142. The molecule has 1 aromatic carbocycles. The maximum Gasteiger partial charge on any atom is 0.244 e. The molecule has 21 heavy (non-hydrogen) atoms. The molecule has 4 nitrogen and oxygen atoms in total. The first kappa shape index (κ1) is 15.5. The number of benzene rings is 1. The fraction of sp³-hybridized carbons (Fsp3) is 0.529. The molecule has 2 rings (SSSR count). The van der Waals surface area contributed by atoms with Gasteiger partial charge in [-0.1, -0.05) is 29.8 Å². The minimum absolute atomic E-state index is 0.0381. The van der Waals surface area contributed by atoms with Crippen LogP contribution in [0.15, 0.2) is 24.3 Å². The van der Waals surface area contributed by atoms with E-state index in [2.05, 4.69) is 31.2 Å². The van der Waals surface area contributed by atoms with Crippen molar-refractivity contribution < 1.29 is 9.59 Å². The topological polar surface area (TPSA) is 40.6 Å². The number of nitrogens with zero attached hydrogens (tertiary/aromatic N) is 2. The Balaban J connectivity index is 1.93. The molecule has 1 saturated heterocycles. The van der Waals surface area contributed by atoms with Crippen molar-refractivity contribution in [3.8, 4) is 0 Å². The molecule has 1 aliphatic rings. The van der Waals surface area contributed by atoms with E-state index in [1.165, 1.54) is 11.1 Å². The molecule has 114 valence electrons. The van der Waals surface area contributed by atoms with Gasteiger partial charge in [0.05, 0.1) is 0 Å². The smallest absolute Gasteiger partial charge is 0.244 e. The molecule has 1 unspecified atom stereocenters. The third kappa shape index (κ3) is 3.84. The third-order valence-corrected chi connectivity index (χ3v) is 4.05. The number of rotatable bonds is 4. The van der Waals surface area contributed by atoms with Crippen molar-refractivity contribution in [3.63, 3.8) is 0 Å². The molecule has 1 heterocycles. The van der Waals surface area contributed by atoms with Crippen LogP contribution in [0.1, 0.15) is 30.4 Å². The Kier molecular flexibility index (Phi) is 4.99. The lowest BCUT2D eigenvalue weighted by Gasteiger charge is -2.26. The molecule has 0 bridgehead atoms. The second-order valence-corrected chi connectivity index (χ2v) is 5.96. The molecule has 1 aromatic rings. The first-order chi connectivity index (χ1) is 9.99. The number of likely N-dealkylation sites (tertiary alicyclic amines) is 1. The second-order valence-electron chi connectivity index (χ2n) is 5.96. The van der Waals surface area contributed by atoms with Gasteiger partial charge in [-0.25, -0.2) is 0 Å². The Hall–Kier alpha value is -1.84. The molecule has 2 amide bonds. The fourth-order valence-electron chi connectivity index (χ4n) is 2.77. The summed E-state index contributed by atoms with van der Waals surface area (Å²) >= 11 is 0. The van der Waals surface area contributed by atoms with Crippen LogP contribution in [0.25, 0.3) is 0 Å². The normalized spacial score (nSPS) is 17.9. The summed E-state index contributed by atoms with van der Waals surface area (Å²) in [5.41, 5.74) is 2.39. The van der Waals surface area contributed by atoms with Gasteiger partial charge in [-0.2, -0.15) is 0 Å². The first-order valence-corrected chi connectivity index (χ1v) is 7.55. The molecular weight excluding hydrogens is 264 g/mol. The highest BCUT2D eigenvalue weighted by atomic mass is 16.2. The molecule has 0 aliphatic carbocycles. The van der Waals surface area contributed by atoms with E-state index in [4.69, 9.17) is 0 Å². The number of aryl methyl sites for hydroxylation is 2. The maximum absolute atomic E-state index is 12.4. The zero-order valence-corrected chi connectivity index (χ0v) is 13.1. The number of hydrogen-bond donors (Lipinski definition) is 0. The van der Waals surface area contributed by atoms with Gasteiger partial charge in [-0.3, -0.25) is 9.59 Å². The maximum atomic E-state index is 12.4. The summed E-state index contributed by atoms with van der Waals surface area (Å²) in [6.07, 6.45) is 2.91. The van der Waals surface area contributed by atoms with Crippen molar-refractivity contribution in [2.24, 2.45) is 0 Å². The predicted octanol–water partition coefficient (Wildman–Crippen LogP) is 2.01. The zero-order chi connectivity index (χ0) is 15.4. The summed E-state index contributed by atoms with van der Waals surface area (Å²) in [4.78, 5) is 27.8. The van der Waals surface area contributed by atoms with Gasteiger partial charge in [0.1, 0.15) is 6.04 Å². The average molecular weight is 288 g/mol. The van der Waals surface area contributed by atoms with Crippen molar-refractivity contribution in [2.75, 3.05) is 20.6 Å². The summed E-state index contributed by atoms with van der Waals surface area (Å²) in [5.74, 6) is 0.129. The predicted molar refractivity (Wildman–Crippen MR) is 82.9 cm³/mol. The van der Waals surface area contributed by atoms with E-state index in [1.807, 2.05) is 0 Å². The Morgan fingerprint density at radius 3 is 2.52 bits per heavy atom. The van der Waals surface area contributed by atoms with Gasteiger partial charge in [0.2, 0.25) is 11.8 Å². The van der Waals surface area contributed by atoms with E-state index >= 15 is 0 Å². The van der Waals surface area contributed by atoms with Crippen molar-refractivity contribution in [3.05, 3.63) is 35.4 Å². The summed E-state index contributed by atoms with van der Waals surface area (Å²) < 4.78 is 0. The Labute approximate surface area is 126 Å². The van der Waals surface area contributed by atoms with Crippen LogP contribution >= 0.6 is 0 Å². The molecule has 0 saturated carbocycles. The highest BCUT2D eigenvalue weighted by molar-refractivity contribution is 5.88. The van der Waals surface area contributed by atoms with E-state index < -0.39 is 0 Å². The largest absolute Gasteiger partial charge is 0.347 e. The van der Waals surface area contributed by atoms with Crippen molar-refractivity contribution in [1.82, 2.24) is 9.80 Å².